The second-order valence-corrected chi connectivity index (χ2v) is 16.4. The largest absolute Gasteiger partial charge is 0.461 e. The zero-order valence-electron chi connectivity index (χ0n) is 34.5. The van der Waals surface area contributed by atoms with E-state index < -0.39 is 41.8 Å². The maximum absolute atomic E-state index is 14.9. The fourth-order valence-electron chi connectivity index (χ4n) is 6.41. The Bertz CT molecular complexity index is 1330. The molecule has 1 fully saturated rings. The molecule has 3 N–H and O–H groups in total. The van der Waals surface area contributed by atoms with Crippen molar-refractivity contribution in [3.8, 4) is 0 Å². The van der Waals surface area contributed by atoms with Crippen LogP contribution < -0.4 is 16.0 Å². The minimum Gasteiger partial charge on any atom is -0.461 e. The van der Waals surface area contributed by atoms with Gasteiger partial charge in [-0.15, -0.1) is 11.3 Å². The number of carbonyl (C=O) groups is 5. The monoisotopic (exact) mass is 780 g/mol. The number of aromatic nitrogens is 1. The SMILES string of the molecule is CCCCCCN(C(=O)[C@H](C(=O)N[C@H]1CCCCN1C)[C@@H](C)CC)[C@H](C[C@@H](OC(=O)NCCNC(=O)OC(C)(C)C)c1nc(C(=O)OCC)cs1)C(C)C. The van der Waals surface area contributed by atoms with Crippen LogP contribution >= 0.6 is 11.3 Å². The second kappa shape index (κ2) is 23.5. The summed E-state index contributed by atoms with van der Waals surface area (Å²) in [5, 5.41) is 10.4. The number of hydrogen-bond donors (Lipinski definition) is 3. The summed E-state index contributed by atoms with van der Waals surface area (Å²) in [6, 6.07) is -0.447. The van der Waals surface area contributed by atoms with Gasteiger partial charge < -0.3 is 35.1 Å². The molecule has 1 aromatic rings. The molecule has 5 atom stereocenters. The van der Waals surface area contributed by atoms with Gasteiger partial charge in [0.2, 0.25) is 11.8 Å². The highest BCUT2D eigenvalue weighted by molar-refractivity contribution is 7.09. The van der Waals surface area contributed by atoms with Gasteiger partial charge in [0.05, 0.1) is 12.8 Å². The first-order chi connectivity index (χ1) is 25.5. The van der Waals surface area contributed by atoms with Gasteiger partial charge in [-0.2, -0.15) is 0 Å². The highest BCUT2D eigenvalue weighted by Crippen LogP contribution is 2.33. The number of thiazole rings is 1. The normalized spacial score (nSPS) is 17.1. The Hall–Kier alpha value is -3.46. The van der Waals surface area contributed by atoms with E-state index in [1.807, 2.05) is 39.6 Å². The third-order valence-electron chi connectivity index (χ3n) is 9.60. The number of piperidine rings is 1. The van der Waals surface area contributed by atoms with Gasteiger partial charge in [-0.3, -0.25) is 14.5 Å². The molecule has 1 aliphatic rings. The lowest BCUT2D eigenvalue weighted by molar-refractivity contribution is -0.148. The Morgan fingerprint density at radius 3 is 2.28 bits per heavy atom. The third kappa shape index (κ3) is 15.7. The van der Waals surface area contributed by atoms with Crippen LogP contribution in [0.1, 0.15) is 142 Å². The van der Waals surface area contributed by atoms with Crippen molar-refractivity contribution < 1.29 is 38.2 Å². The number of ether oxygens (including phenoxy) is 3. The Kier molecular flexibility index (Phi) is 20.3. The molecule has 2 heterocycles. The molecule has 54 heavy (non-hydrogen) atoms. The van der Waals surface area contributed by atoms with Crippen molar-refractivity contribution in [2.75, 3.05) is 39.8 Å². The van der Waals surface area contributed by atoms with Crippen molar-refractivity contribution in [1.82, 2.24) is 30.7 Å². The zero-order valence-corrected chi connectivity index (χ0v) is 35.3. The topological polar surface area (TPSA) is 168 Å². The number of unbranched alkanes of at least 4 members (excludes halogenated alkanes) is 3. The van der Waals surface area contributed by atoms with Crippen molar-refractivity contribution in [3.05, 3.63) is 16.1 Å². The minimum absolute atomic E-state index is 0.0638. The van der Waals surface area contributed by atoms with Crippen LogP contribution in [0.15, 0.2) is 5.38 Å². The van der Waals surface area contributed by atoms with Gasteiger partial charge in [0.1, 0.15) is 16.5 Å². The maximum atomic E-state index is 14.9. The number of carbonyl (C=O) groups excluding carboxylic acids is 5. The van der Waals surface area contributed by atoms with E-state index in [2.05, 4.69) is 32.8 Å². The molecule has 1 saturated heterocycles. The Labute approximate surface area is 327 Å². The first kappa shape index (κ1) is 46.7. The predicted molar refractivity (Wildman–Crippen MR) is 210 cm³/mol. The van der Waals surface area contributed by atoms with E-state index in [0.29, 0.717) is 18.0 Å². The average molecular weight is 781 g/mol. The minimum atomic E-state index is -0.943. The van der Waals surface area contributed by atoms with Crippen LogP contribution in [0, 0.1) is 17.8 Å². The van der Waals surface area contributed by atoms with Crippen LogP contribution in [0.25, 0.3) is 0 Å². The van der Waals surface area contributed by atoms with E-state index in [1.54, 1.807) is 33.1 Å². The van der Waals surface area contributed by atoms with E-state index in [4.69, 9.17) is 14.2 Å². The van der Waals surface area contributed by atoms with E-state index in [9.17, 15) is 24.0 Å². The van der Waals surface area contributed by atoms with Crippen molar-refractivity contribution in [2.24, 2.45) is 17.8 Å². The van der Waals surface area contributed by atoms with Crippen molar-refractivity contribution >= 4 is 41.3 Å². The van der Waals surface area contributed by atoms with Gasteiger partial charge in [0, 0.05) is 37.5 Å². The van der Waals surface area contributed by atoms with Gasteiger partial charge in [-0.25, -0.2) is 19.4 Å². The molecule has 308 valence electrons. The molecule has 0 radical (unpaired) electrons. The van der Waals surface area contributed by atoms with Gasteiger partial charge in [-0.05, 0) is 78.8 Å². The number of alkyl carbamates (subject to hydrolysis) is 2. The van der Waals surface area contributed by atoms with Crippen molar-refractivity contribution in [2.45, 2.75) is 144 Å². The Morgan fingerprint density at radius 1 is 1.00 bits per heavy atom. The van der Waals surface area contributed by atoms with Crippen LogP contribution in [0.2, 0.25) is 0 Å². The molecule has 2 rings (SSSR count). The summed E-state index contributed by atoms with van der Waals surface area (Å²) in [6.07, 6.45) is 5.03. The standard InChI is InChI=1S/C39H68N6O8S/c1-11-14-15-17-23-45(35(47)32(27(6)12-2)33(46)43-31-19-16-18-22-44(31)10)29(26(4)5)24-30(34-42-28(25-54-34)36(48)51-13-3)52-37(49)40-20-21-41-38(50)53-39(7,8)9/h25-27,29-32H,11-24H2,1-10H3,(H,40,49)(H,41,50)(H,43,46)/t27-,29+,30+,31+,32-/m0/s1. The first-order valence-corrected chi connectivity index (χ1v) is 20.8. The molecule has 0 unspecified atom stereocenters. The summed E-state index contributed by atoms with van der Waals surface area (Å²) in [4.78, 5) is 75.3. The molecule has 1 aliphatic heterocycles. The third-order valence-corrected chi connectivity index (χ3v) is 10.5. The summed E-state index contributed by atoms with van der Waals surface area (Å²) in [5.74, 6) is -2.29. The number of likely N-dealkylation sites (tertiary alicyclic amines) is 1. The fourth-order valence-corrected chi connectivity index (χ4v) is 7.24. The summed E-state index contributed by atoms with van der Waals surface area (Å²) < 4.78 is 16.4. The smallest absolute Gasteiger partial charge is 0.407 e. The highest BCUT2D eigenvalue weighted by Gasteiger charge is 2.40. The van der Waals surface area contributed by atoms with Crippen molar-refractivity contribution in [1.29, 1.82) is 0 Å². The number of hydrogen-bond acceptors (Lipinski definition) is 11. The maximum Gasteiger partial charge on any atom is 0.407 e. The number of esters is 1. The summed E-state index contributed by atoms with van der Waals surface area (Å²) in [7, 11) is 2.00. The van der Waals surface area contributed by atoms with E-state index >= 15 is 0 Å². The van der Waals surface area contributed by atoms with E-state index in [0.717, 1.165) is 51.5 Å². The predicted octanol–water partition coefficient (Wildman–Crippen LogP) is 6.66. The lowest BCUT2D eigenvalue weighted by Gasteiger charge is -2.40. The molecule has 15 heteroatoms. The molecular weight excluding hydrogens is 713 g/mol. The number of nitrogens with zero attached hydrogens (tertiary/aromatic N) is 3. The average Bonchev–Trinajstić information content (AvgIpc) is 3.60. The summed E-state index contributed by atoms with van der Waals surface area (Å²) in [6.45, 7) is 18.7. The molecule has 0 saturated carbocycles. The molecule has 0 aliphatic carbocycles. The van der Waals surface area contributed by atoms with E-state index in [-0.39, 0.29) is 61.6 Å². The molecular formula is C39H68N6O8S. The van der Waals surface area contributed by atoms with Gasteiger partial charge in [0.15, 0.2) is 11.8 Å². The number of nitrogens with one attached hydrogen (secondary N) is 3. The lowest BCUT2D eigenvalue weighted by Crippen LogP contribution is -2.56. The highest BCUT2D eigenvalue weighted by atomic mass is 32.1. The quantitative estimate of drug-likeness (QED) is 0.0531. The summed E-state index contributed by atoms with van der Waals surface area (Å²) >= 11 is 1.17. The molecule has 0 aromatic carbocycles. The van der Waals surface area contributed by atoms with Crippen LogP contribution in [-0.4, -0.2) is 102 Å². The number of rotatable bonds is 21. The Morgan fingerprint density at radius 2 is 1.69 bits per heavy atom. The molecule has 14 nitrogen and oxygen atoms in total. The Balaban J connectivity index is 2.44. The first-order valence-electron chi connectivity index (χ1n) is 19.9. The molecule has 0 spiro atoms. The van der Waals surface area contributed by atoms with E-state index in [1.165, 1.54) is 11.3 Å². The zero-order chi connectivity index (χ0) is 40.4. The van der Waals surface area contributed by atoms with Gasteiger partial charge in [-0.1, -0.05) is 60.3 Å². The van der Waals surface area contributed by atoms with Crippen molar-refractivity contribution in [3.63, 3.8) is 0 Å². The van der Waals surface area contributed by atoms with Crippen LogP contribution in [0.4, 0.5) is 9.59 Å². The molecule has 4 amide bonds. The van der Waals surface area contributed by atoms with Gasteiger partial charge >= 0.3 is 18.2 Å². The van der Waals surface area contributed by atoms with Crippen LogP contribution in [0.3, 0.4) is 0 Å². The molecule has 0 bridgehead atoms. The summed E-state index contributed by atoms with van der Waals surface area (Å²) in [5.41, 5.74) is -0.565. The number of amides is 4. The molecule has 1 aromatic heterocycles. The van der Waals surface area contributed by atoms with Crippen LogP contribution in [-0.2, 0) is 23.8 Å². The van der Waals surface area contributed by atoms with Crippen LogP contribution in [0.5, 0.6) is 0 Å². The van der Waals surface area contributed by atoms with Gasteiger partial charge in [0.25, 0.3) is 0 Å². The lowest BCUT2D eigenvalue weighted by atomic mass is 9.87. The second-order valence-electron chi connectivity index (χ2n) is 15.5. The fraction of sp³-hybridized carbons (Fsp3) is 0.795.